The topological polar surface area (TPSA) is 69.2 Å². The molecule has 4 nitrogen and oxygen atoms in total. The van der Waals surface area contributed by atoms with Gasteiger partial charge in [0.05, 0.1) is 10.1 Å². The van der Waals surface area contributed by atoms with E-state index in [1.54, 1.807) is 27.6 Å². The SMILES string of the molecule is CC(C)c1cc(C(C)C)c(-c2ccccc2P(C2CCCCC2)C2CCCCC2)c(C(C)C)c1.CNc1ccccc1-c1[c]cccc1.CS(=O)(=O)[O-].[Pd]. The Morgan fingerprint density at radius 3 is 1.59 bits per heavy atom. The molecule has 6 rings (SSSR count). The smallest absolute Gasteiger partial charge is 0.0916 e. The number of rotatable bonds is 9. The fourth-order valence-corrected chi connectivity index (χ4v) is 12.0. The quantitative estimate of drug-likeness (QED) is 0.103. The number of benzene rings is 4. The zero-order valence-electron chi connectivity index (χ0n) is 33.9. The molecule has 7 heteroatoms. The van der Waals surface area contributed by atoms with Crippen molar-refractivity contribution in [2.24, 2.45) is 0 Å². The first-order valence-electron chi connectivity index (χ1n) is 20.0. The fourth-order valence-electron chi connectivity index (χ4n) is 8.08. The van der Waals surface area contributed by atoms with Gasteiger partial charge in [-0.15, -0.1) is 0 Å². The molecule has 0 aromatic heterocycles. The van der Waals surface area contributed by atoms with E-state index < -0.39 is 10.1 Å². The van der Waals surface area contributed by atoms with Crippen LogP contribution in [0.2, 0.25) is 0 Å². The van der Waals surface area contributed by atoms with Gasteiger partial charge in [-0.3, -0.25) is 0 Å². The van der Waals surface area contributed by atoms with Gasteiger partial charge in [0.15, 0.2) is 0 Å². The average Bonchev–Trinajstić information content (AvgIpc) is 3.15. The predicted molar refractivity (Wildman–Crippen MR) is 230 cm³/mol. The Bertz CT molecular complexity index is 1760. The van der Waals surface area contributed by atoms with Crippen molar-refractivity contribution >= 4 is 29.0 Å². The van der Waals surface area contributed by atoms with Crippen LogP contribution in [0.25, 0.3) is 22.3 Å². The second-order valence-electron chi connectivity index (χ2n) is 15.8. The molecule has 4 aromatic rings. The van der Waals surface area contributed by atoms with Crippen molar-refractivity contribution in [3.8, 4) is 22.3 Å². The molecular weight excluding hydrogens is 796 g/mol. The molecule has 0 spiro atoms. The molecule has 0 saturated heterocycles. The molecule has 2 fully saturated rings. The van der Waals surface area contributed by atoms with Crippen molar-refractivity contribution in [2.75, 3.05) is 18.6 Å². The number of hydrogen-bond donors (Lipinski definition) is 1. The Hall–Kier alpha value is -2.32. The summed E-state index contributed by atoms with van der Waals surface area (Å²) in [6, 6.07) is 34.3. The van der Waals surface area contributed by atoms with E-state index in [1.165, 1.54) is 75.3 Å². The normalized spacial score (nSPS) is 15.3. The van der Waals surface area contributed by atoms with Gasteiger partial charge in [-0.25, -0.2) is 8.42 Å². The molecule has 2 aliphatic carbocycles. The van der Waals surface area contributed by atoms with Gasteiger partial charge >= 0.3 is 0 Å². The van der Waals surface area contributed by atoms with E-state index in [1.807, 2.05) is 37.4 Å². The van der Waals surface area contributed by atoms with Crippen LogP contribution >= 0.6 is 7.92 Å². The summed E-state index contributed by atoms with van der Waals surface area (Å²) in [4.78, 5) is 0. The van der Waals surface area contributed by atoms with E-state index in [0.717, 1.165) is 22.6 Å². The summed E-state index contributed by atoms with van der Waals surface area (Å²) in [6.07, 6.45) is 15.2. The van der Waals surface area contributed by atoms with E-state index in [9.17, 15) is 0 Å². The van der Waals surface area contributed by atoms with Crippen LogP contribution in [0, 0.1) is 6.07 Å². The van der Waals surface area contributed by atoms with Gasteiger partial charge < -0.3 is 9.87 Å². The van der Waals surface area contributed by atoms with Gasteiger partial charge in [-0.05, 0) is 106 Å². The molecule has 0 amide bonds. The summed E-state index contributed by atoms with van der Waals surface area (Å²) in [5.41, 5.74) is 13.2. The third-order valence-electron chi connectivity index (χ3n) is 10.7. The number of para-hydroxylation sites is 1. The van der Waals surface area contributed by atoms with E-state index in [2.05, 4.69) is 108 Å². The maximum atomic E-state index is 9.08. The molecule has 1 N–H and O–H groups in total. The summed E-state index contributed by atoms with van der Waals surface area (Å²) >= 11 is 0. The number of hydrogen-bond acceptors (Lipinski definition) is 4. The summed E-state index contributed by atoms with van der Waals surface area (Å²) in [5, 5.41) is 4.92. The van der Waals surface area contributed by atoms with Crippen molar-refractivity contribution < 1.29 is 33.4 Å². The van der Waals surface area contributed by atoms with Crippen molar-refractivity contribution in [1.29, 1.82) is 0 Å². The number of nitrogens with one attached hydrogen (secondary N) is 1. The van der Waals surface area contributed by atoms with Gasteiger partial charge in [0.25, 0.3) is 0 Å². The van der Waals surface area contributed by atoms with Crippen LogP contribution in [0.1, 0.15) is 140 Å². The molecule has 0 bridgehead atoms. The van der Waals surface area contributed by atoms with Gasteiger partial charge in [0, 0.05) is 45.0 Å². The maximum Gasteiger partial charge on any atom is 0.0916 e. The Morgan fingerprint density at radius 1 is 0.685 bits per heavy atom. The van der Waals surface area contributed by atoms with E-state index in [0.29, 0.717) is 24.0 Å². The molecule has 297 valence electrons. The third kappa shape index (κ3) is 13.4. The van der Waals surface area contributed by atoms with Crippen LogP contribution < -0.4 is 10.6 Å². The fraction of sp³-hybridized carbons (Fsp3) is 0.489. The van der Waals surface area contributed by atoms with Crippen molar-refractivity contribution in [2.45, 2.75) is 135 Å². The van der Waals surface area contributed by atoms with Gasteiger partial charge in [-0.2, -0.15) is 0 Å². The largest absolute Gasteiger partial charge is 0.748 e. The molecule has 54 heavy (non-hydrogen) atoms. The van der Waals surface area contributed by atoms with Crippen molar-refractivity contribution in [1.82, 2.24) is 0 Å². The van der Waals surface area contributed by atoms with Gasteiger partial charge in [0.1, 0.15) is 0 Å². The second-order valence-corrected chi connectivity index (χ2v) is 20.0. The maximum absolute atomic E-state index is 9.08. The standard InChI is InChI=1S/C33H49P.C13H12N.CH4O3S.Pd/c1-23(2)26-21-30(24(3)4)33(31(22-26)25(5)6)29-19-13-14-20-32(29)34(27-15-9-7-10-16-27)28-17-11-8-12-18-28;1-14-13-10-6-5-9-12(13)11-7-3-2-4-8-11;1-5(2,3)4;/h13-14,19-25,27-28H,7-12,15-18H2,1-6H3;2-7,9-10,14H,1H3;1H3,(H,2,3,4);/p-1. The molecule has 0 unspecified atom stereocenters. The molecule has 2 aliphatic rings. The summed E-state index contributed by atoms with van der Waals surface area (Å²) < 4.78 is 27.2. The zero-order chi connectivity index (χ0) is 38.5. The Balaban J connectivity index is 0.000000323. The van der Waals surface area contributed by atoms with Crippen LogP contribution in [0.4, 0.5) is 5.69 Å². The van der Waals surface area contributed by atoms with Crippen LogP contribution in [0.15, 0.2) is 84.9 Å². The van der Waals surface area contributed by atoms with Crippen LogP contribution in [-0.4, -0.2) is 37.6 Å². The molecular formula is C47H64NO3PPdS-. The Labute approximate surface area is 343 Å². The van der Waals surface area contributed by atoms with Crippen LogP contribution in [0.3, 0.4) is 0 Å². The Kier molecular flexibility index (Phi) is 19.1. The molecule has 0 atom stereocenters. The van der Waals surface area contributed by atoms with Crippen LogP contribution in [-0.2, 0) is 30.5 Å². The second kappa shape index (κ2) is 22.4. The third-order valence-corrected chi connectivity index (χ3v) is 14.3. The van der Waals surface area contributed by atoms with Crippen molar-refractivity contribution in [3.05, 3.63) is 108 Å². The molecule has 1 radical (unpaired) electrons. The first-order valence-corrected chi connectivity index (χ1v) is 23.3. The first kappa shape index (κ1) is 46.1. The predicted octanol–water partition coefficient (Wildman–Crippen LogP) is 12.9. The van der Waals surface area contributed by atoms with E-state index in [4.69, 9.17) is 13.0 Å². The van der Waals surface area contributed by atoms with E-state index in [-0.39, 0.29) is 28.3 Å². The van der Waals surface area contributed by atoms with E-state index >= 15 is 0 Å². The monoisotopic (exact) mass is 859 g/mol. The molecule has 0 heterocycles. The minimum Gasteiger partial charge on any atom is -0.748 e. The minimum atomic E-state index is -3.92. The molecule has 0 aliphatic heterocycles. The van der Waals surface area contributed by atoms with Gasteiger partial charge in [-0.1, -0.05) is 167 Å². The van der Waals surface area contributed by atoms with Crippen LogP contribution in [0.5, 0.6) is 0 Å². The minimum absolute atomic E-state index is 0. The Morgan fingerprint density at radius 2 is 1.15 bits per heavy atom. The summed E-state index contributed by atoms with van der Waals surface area (Å²) in [5.74, 6) is 1.64. The summed E-state index contributed by atoms with van der Waals surface area (Å²) in [6.45, 7) is 14.3. The number of anilines is 1. The van der Waals surface area contributed by atoms with Crippen molar-refractivity contribution in [3.63, 3.8) is 0 Å². The first-order chi connectivity index (χ1) is 25.3. The zero-order valence-corrected chi connectivity index (χ0v) is 37.2. The summed E-state index contributed by atoms with van der Waals surface area (Å²) in [7, 11) is -2.10. The molecule has 4 aromatic carbocycles. The molecule has 2 saturated carbocycles. The average molecular weight is 860 g/mol. The van der Waals surface area contributed by atoms with Gasteiger partial charge in [0.2, 0.25) is 0 Å².